The number of unbranched alkanes of at least 4 members (excludes halogenated alkanes) is 1. The van der Waals surface area contributed by atoms with Crippen LogP contribution in [0, 0.1) is 5.82 Å². The van der Waals surface area contributed by atoms with Crippen molar-refractivity contribution in [3.8, 4) is 17.4 Å². The maximum Gasteiger partial charge on any atom is 0.248 e. The number of ether oxygens (including phenoxy) is 1. The molecule has 0 unspecified atom stereocenters. The fraction of sp³-hybridized carbons (Fsp3) is 0.429. The average Bonchev–Trinajstić information content (AvgIpc) is 3.32. The molecule has 0 bridgehead atoms. The summed E-state index contributed by atoms with van der Waals surface area (Å²) < 4.78 is 46.0. The molecule has 1 N–H and O–H groups in total. The number of alkyl halides is 2. The highest BCUT2D eigenvalue weighted by Crippen LogP contribution is 2.27. The molecule has 38 heavy (non-hydrogen) atoms. The van der Waals surface area contributed by atoms with Gasteiger partial charge < -0.3 is 10.1 Å². The number of rotatable bonds is 11. The monoisotopic (exact) mass is 528 g/mol. The smallest absolute Gasteiger partial charge is 0.248 e. The van der Waals surface area contributed by atoms with Gasteiger partial charge >= 0.3 is 0 Å². The predicted octanol–water partition coefficient (Wildman–Crippen LogP) is 7.64. The molecule has 0 aliphatic rings. The SMILES string of the molecule is CCCC(F)(F)CCC.CCCCc1cc2c(Nc3ccncc3F)nc(-c3cccc(OC)n3)nn2c1. The number of pyridine rings is 2. The first kappa shape index (κ1) is 28.9. The lowest BCUT2D eigenvalue weighted by Crippen LogP contribution is -2.14. The Morgan fingerprint density at radius 1 is 1.03 bits per heavy atom. The van der Waals surface area contributed by atoms with Crippen molar-refractivity contribution in [3.63, 3.8) is 0 Å². The molecule has 204 valence electrons. The molecule has 0 amide bonds. The van der Waals surface area contributed by atoms with Crippen LogP contribution in [0.4, 0.5) is 24.7 Å². The van der Waals surface area contributed by atoms with Crippen molar-refractivity contribution in [1.29, 1.82) is 0 Å². The molecule has 0 spiro atoms. The standard InChI is InChI=1S/C21H21FN6O.C7H14F2/c1-3-4-6-14-11-18-21(25-16-9-10-23-12-15(16)22)26-20(27-28(18)13-14)17-7-5-8-19(24-17)29-2;1-3-5-7(8,9)6-4-2/h5,7-13H,3-4,6H2,1-2H3,(H,23,25,26,27);3-6H2,1-2H3. The zero-order valence-electron chi connectivity index (χ0n) is 22.3. The lowest BCUT2D eigenvalue weighted by Gasteiger charge is -2.12. The van der Waals surface area contributed by atoms with Crippen LogP contribution < -0.4 is 10.1 Å². The molecule has 7 nitrogen and oxygen atoms in total. The third kappa shape index (κ3) is 7.90. The second kappa shape index (κ2) is 13.7. The van der Waals surface area contributed by atoms with Gasteiger partial charge in [0.2, 0.25) is 17.6 Å². The van der Waals surface area contributed by atoms with E-state index in [1.54, 1.807) is 37.6 Å². The van der Waals surface area contributed by atoms with Crippen molar-refractivity contribution in [2.75, 3.05) is 12.4 Å². The van der Waals surface area contributed by atoms with Gasteiger partial charge in [-0.05, 0) is 36.6 Å². The van der Waals surface area contributed by atoms with Gasteiger partial charge in [-0.3, -0.25) is 4.98 Å². The predicted molar refractivity (Wildman–Crippen MR) is 144 cm³/mol. The van der Waals surface area contributed by atoms with E-state index in [0.717, 1.165) is 36.5 Å². The molecule has 0 radical (unpaired) electrons. The van der Waals surface area contributed by atoms with Crippen molar-refractivity contribution in [1.82, 2.24) is 24.6 Å². The maximum atomic E-state index is 14.2. The number of methoxy groups -OCH3 is 1. The van der Waals surface area contributed by atoms with E-state index >= 15 is 0 Å². The Balaban J connectivity index is 0.000000383. The Kier molecular flexibility index (Phi) is 10.4. The first-order valence-electron chi connectivity index (χ1n) is 12.9. The average molecular weight is 529 g/mol. The van der Waals surface area contributed by atoms with Gasteiger partial charge in [0.25, 0.3) is 0 Å². The van der Waals surface area contributed by atoms with Crippen LogP contribution in [0.5, 0.6) is 5.88 Å². The number of hydrogen-bond donors (Lipinski definition) is 1. The minimum Gasteiger partial charge on any atom is -0.481 e. The summed E-state index contributed by atoms with van der Waals surface area (Å²) in [7, 11) is 1.56. The van der Waals surface area contributed by atoms with Gasteiger partial charge in [0.05, 0.1) is 19.0 Å². The van der Waals surface area contributed by atoms with Crippen molar-refractivity contribution in [2.45, 2.75) is 71.6 Å². The van der Waals surface area contributed by atoms with Gasteiger partial charge in [0, 0.05) is 31.3 Å². The molecule has 4 aromatic heterocycles. The molecule has 0 aromatic carbocycles. The molecule has 0 atom stereocenters. The van der Waals surface area contributed by atoms with Gasteiger partial charge in [-0.25, -0.2) is 27.7 Å². The number of halogens is 3. The second-order valence-corrected chi connectivity index (χ2v) is 8.97. The summed E-state index contributed by atoms with van der Waals surface area (Å²) in [5.74, 6) is -1.48. The number of nitrogens with zero attached hydrogens (tertiary/aromatic N) is 5. The summed E-state index contributed by atoms with van der Waals surface area (Å²) in [4.78, 5) is 12.8. The Morgan fingerprint density at radius 2 is 1.79 bits per heavy atom. The lowest BCUT2D eigenvalue weighted by atomic mass is 10.1. The van der Waals surface area contributed by atoms with Crippen LogP contribution in [-0.2, 0) is 6.42 Å². The van der Waals surface area contributed by atoms with Crippen molar-refractivity contribution in [2.24, 2.45) is 0 Å². The quantitative estimate of drug-likeness (QED) is 0.216. The van der Waals surface area contributed by atoms with E-state index in [2.05, 4.69) is 32.3 Å². The summed E-state index contributed by atoms with van der Waals surface area (Å²) >= 11 is 0. The van der Waals surface area contributed by atoms with Crippen LogP contribution >= 0.6 is 0 Å². The van der Waals surface area contributed by atoms with E-state index in [4.69, 9.17) is 4.74 Å². The zero-order valence-corrected chi connectivity index (χ0v) is 22.3. The molecule has 4 aromatic rings. The number of aryl methyl sites for hydroxylation is 1. The molecule has 0 aliphatic heterocycles. The normalized spacial score (nSPS) is 11.2. The molecular formula is C28H35F3N6O. The van der Waals surface area contributed by atoms with Crippen LogP contribution in [0.2, 0.25) is 0 Å². The van der Waals surface area contributed by atoms with E-state index in [9.17, 15) is 13.2 Å². The lowest BCUT2D eigenvalue weighted by molar-refractivity contribution is -0.0173. The Hall–Kier alpha value is -3.69. The summed E-state index contributed by atoms with van der Waals surface area (Å²) in [6.45, 7) is 5.72. The molecular weight excluding hydrogens is 493 g/mol. The molecule has 10 heteroatoms. The molecule has 0 aliphatic carbocycles. The summed E-state index contributed by atoms with van der Waals surface area (Å²) in [6.07, 6.45) is 9.03. The fourth-order valence-electron chi connectivity index (χ4n) is 3.88. The van der Waals surface area contributed by atoms with Crippen LogP contribution in [0.1, 0.15) is 64.9 Å². The molecule has 4 heterocycles. The largest absolute Gasteiger partial charge is 0.481 e. The van der Waals surface area contributed by atoms with Crippen LogP contribution in [0.3, 0.4) is 0 Å². The van der Waals surface area contributed by atoms with E-state index in [-0.39, 0.29) is 12.8 Å². The molecule has 4 rings (SSSR count). The Labute approximate surface area is 221 Å². The third-order valence-corrected chi connectivity index (χ3v) is 5.76. The fourth-order valence-corrected chi connectivity index (χ4v) is 3.88. The summed E-state index contributed by atoms with van der Waals surface area (Å²) in [6, 6.07) is 8.99. The number of hydrogen-bond acceptors (Lipinski definition) is 6. The Bertz CT molecular complexity index is 1300. The van der Waals surface area contributed by atoms with Gasteiger partial charge in [-0.1, -0.05) is 46.1 Å². The van der Waals surface area contributed by atoms with E-state index < -0.39 is 11.7 Å². The van der Waals surface area contributed by atoms with Gasteiger partial charge in [-0.2, -0.15) is 0 Å². The minimum atomic E-state index is -2.40. The first-order chi connectivity index (χ1) is 18.3. The van der Waals surface area contributed by atoms with E-state index in [1.165, 1.54) is 6.20 Å². The molecule has 0 saturated heterocycles. The topological polar surface area (TPSA) is 77.2 Å². The number of nitrogens with one attached hydrogen (secondary N) is 1. The maximum absolute atomic E-state index is 14.2. The highest BCUT2D eigenvalue weighted by Gasteiger charge is 2.25. The van der Waals surface area contributed by atoms with Crippen LogP contribution in [-0.4, -0.2) is 37.6 Å². The Morgan fingerprint density at radius 3 is 2.45 bits per heavy atom. The molecule has 0 saturated carbocycles. The van der Waals surface area contributed by atoms with E-state index in [1.807, 2.05) is 24.4 Å². The summed E-state index contributed by atoms with van der Waals surface area (Å²) in [5.41, 5.74) is 2.77. The van der Waals surface area contributed by atoms with Crippen LogP contribution in [0.15, 0.2) is 48.9 Å². The van der Waals surface area contributed by atoms with Gasteiger partial charge in [0.1, 0.15) is 11.2 Å². The van der Waals surface area contributed by atoms with Gasteiger partial charge in [-0.15, -0.1) is 5.10 Å². The van der Waals surface area contributed by atoms with Crippen molar-refractivity contribution < 1.29 is 17.9 Å². The van der Waals surface area contributed by atoms with Crippen molar-refractivity contribution >= 4 is 17.0 Å². The number of anilines is 2. The van der Waals surface area contributed by atoms with Gasteiger partial charge in [0.15, 0.2) is 11.6 Å². The highest BCUT2D eigenvalue weighted by atomic mass is 19.3. The number of fused-ring (bicyclic) bond motifs is 1. The van der Waals surface area contributed by atoms with E-state index in [0.29, 0.717) is 41.7 Å². The first-order valence-corrected chi connectivity index (χ1v) is 12.9. The highest BCUT2D eigenvalue weighted by molar-refractivity contribution is 5.75. The van der Waals surface area contributed by atoms with Crippen LogP contribution in [0.25, 0.3) is 17.0 Å². The third-order valence-electron chi connectivity index (χ3n) is 5.76. The number of aromatic nitrogens is 5. The minimum absolute atomic E-state index is 0.0425. The summed E-state index contributed by atoms with van der Waals surface area (Å²) in [5, 5.41) is 7.69. The second-order valence-electron chi connectivity index (χ2n) is 8.97. The molecule has 0 fully saturated rings. The van der Waals surface area contributed by atoms with Crippen molar-refractivity contribution in [3.05, 3.63) is 60.3 Å². The zero-order chi connectivity index (χ0) is 27.5.